The van der Waals surface area contributed by atoms with Gasteiger partial charge in [0.25, 0.3) is 5.91 Å². The SMILES string of the molecule is N#CC1(NC(=O)[C@@H]2C[C@@H](S(=O)(=O)c3ccccc3Cl)CN2C(=O)C(F)(F)c2ccc(Cl)c(Cl)c2)CC1. The molecule has 1 heterocycles. The van der Waals surface area contributed by atoms with E-state index in [-0.39, 0.29) is 20.0 Å². The zero-order valence-electron chi connectivity index (χ0n) is 18.4. The molecule has 36 heavy (non-hydrogen) atoms. The normalized spacial score (nSPS) is 21.1. The minimum absolute atomic E-state index is 0.000718. The third kappa shape index (κ3) is 4.77. The van der Waals surface area contributed by atoms with Gasteiger partial charge in [0, 0.05) is 12.1 Å². The highest BCUT2D eigenvalue weighted by Crippen LogP contribution is 2.40. The molecule has 2 fully saturated rings. The second kappa shape index (κ2) is 9.45. The molecule has 2 aromatic carbocycles. The van der Waals surface area contributed by atoms with E-state index in [1.165, 1.54) is 24.3 Å². The number of nitrogens with zero attached hydrogens (tertiary/aromatic N) is 2. The average molecular weight is 577 g/mol. The van der Waals surface area contributed by atoms with Crippen LogP contribution in [-0.2, 0) is 25.3 Å². The molecular formula is C23H18Cl3F2N3O4S. The van der Waals surface area contributed by atoms with Gasteiger partial charge in [-0.15, -0.1) is 0 Å². The van der Waals surface area contributed by atoms with Crippen LogP contribution < -0.4 is 5.32 Å². The molecule has 0 radical (unpaired) electrons. The van der Waals surface area contributed by atoms with Crippen LogP contribution in [0, 0.1) is 11.3 Å². The molecule has 2 aliphatic rings. The van der Waals surface area contributed by atoms with Gasteiger partial charge in [0.05, 0.1) is 31.3 Å². The summed E-state index contributed by atoms with van der Waals surface area (Å²) in [6.07, 6.45) is 0.261. The largest absolute Gasteiger partial charge is 0.350 e. The predicted molar refractivity (Wildman–Crippen MR) is 129 cm³/mol. The van der Waals surface area contributed by atoms with E-state index in [4.69, 9.17) is 34.8 Å². The Labute approximate surface area is 220 Å². The van der Waals surface area contributed by atoms with Gasteiger partial charge in [0.15, 0.2) is 9.84 Å². The van der Waals surface area contributed by atoms with Crippen LogP contribution in [0.4, 0.5) is 8.78 Å². The maximum atomic E-state index is 15.3. The Kier molecular flexibility index (Phi) is 6.99. The lowest BCUT2D eigenvalue weighted by Crippen LogP contribution is -2.52. The molecule has 0 unspecified atom stereocenters. The first kappa shape index (κ1) is 26.6. The van der Waals surface area contributed by atoms with E-state index < -0.39 is 62.9 Å². The van der Waals surface area contributed by atoms with Crippen molar-refractivity contribution in [2.75, 3.05) is 6.54 Å². The molecule has 2 atom stereocenters. The second-order valence-corrected chi connectivity index (χ2v) is 12.1. The Morgan fingerprint density at radius 2 is 1.75 bits per heavy atom. The highest BCUT2D eigenvalue weighted by atomic mass is 35.5. The van der Waals surface area contributed by atoms with Gasteiger partial charge in [-0.2, -0.15) is 14.0 Å². The van der Waals surface area contributed by atoms with Gasteiger partial charge in [-0.25, -0.2) is 8.42 Å². The smallest absolute Gasteiger partial charge is 0.336 e. The first-order valence-electron chi connectivity index (χ1n) is 10.7. The minimum atomic E-state index is -4.21. The molecule has 1 N–H and O–H groups in total. The standard InChI is InChI=1S/C23H18Cl3F2N3O4S/c24-15-6-5-13(9-17(15)26)23(27,28)21(33)31-11-14(36(34,35)19-4-2-1-3-16(19)25)10-18(31)20(32)30-22(12-29)7-8-22/h1-6,9,14,18H,7-8,10-11H2,(H,30,32)/t14-,18+/m1/s1. The zero-order chi connectivity index (χ0) is 26.5. The summed E-state index contributed by atoms with van der Waals surface area (Å²) in [6, 6.07) is 8.84. The predicted octanol–water partition coefficient (Wildman–Crippen LogP) is 4.35. The number of carbonyl (C=O) groups is 2. The molecular weight excluding hydrogens is 559 g/mol. The molecule has 1 aliphatic carbocycles. The molecule has 4 rings (SSSR count). The van der Waals surface area contributed by atoms with Gasteiger partial charge in [-0.3, -0.25) is 9.59 Å². The van der Waals surface area contributed by atoms with Gasteiger partial charge in [-0.1, -0.05) is 53.0 Å². The number of alkyl halides is 2. The maximum Gasteiger partial charge on any atom is 0.350 e. The third-order valence-corrected chi connectivity index (χ3v) is 9.65. The molecule has 1 aliphatic heterocycles. The minimum Gasteiger partial charge on any atom is -0.336 e. The molecule has 190 valence electrons. The highest BCUT2D eigenvalue weighted by molar-refractivity contribution is 7.92. The van der Waals surface area contributed by atoms with Gasteiger partial charge in [0.1, 0.15) is 11.6 Å². The van der Waals surface area contributed by atoms with Crippen LogP contribution in [0.3, 0.4) is 0 Å². The van der Waals surface area contributed by atoms with E-state index >= 15 is 8.78 Å². The van der Waals surface area contributed by atoms with Crippen LogP contribution in [0.5, 0.6) is 0 Å². The highest BCUT2D eigenvalue weighted by Gasteiger charge is 2.54. The van der Waals surface area contributed by atoms with Crippen molar-refractivity contribution in [2.24, 2.45) is 0 Å². The Morgan fingerprint density at radius 1 is 1.08 bits per heavy atom. The topological polar surface area (TPSA) is 107 Å². The van der Waals surface area contributed by atoms with E-state index in [0.717, 1.165) is 18.2 Å². The molecule has 0 aromatic heterocycles. The fourth-order valence-electron chi connectivity index (χ4n) is 4.05. The molecule has 0 bridgehead atoms. The number of benzene rings is 2. The first-order valence-corrected chi connectivity index (χ1v) is 13.4. The van der Waals surface area contributed by atoms with E-state index in [9.17, 15) is 23.3 Å². The summed E-state index contributed by atoms with van der Waals surface area (Å²) < 4.78 is 57.3. The van der Waals surface area contributed by atoms with Crippen molar-refractivity contribution in [3.63, 3.8) is 0 Å². The summed E-state index contributed by atoms with van der Waals surface area (Å²) >= 11 is 17.7. The number of hydrogen-bond donors (Lipinski definition) is 1. The van der Waals surface area contributed by atoms with E-state index in [2.05, 4.69) is 5.32 Å². The van der Waals surface area contributed by atoms with E-state index in [0.29, 0.717) is 17.7 Å². The van der Waals surface area contributed by atoms with E-state index in [1.807, 2.05) is 6.07 Å². The monoisotopic (exact) mass is 575 g/mol. The van der Waals surface area contributed by atoms with Gasteiger partial charge >= 0.3 is 5.92 Å². The lowest BCUT2D eigenvalue weighted by Gasteiger charge is -2.28. The van der Waals surface area contributed by atoms with Crippen molar-refractivity contribution in [3.05, 3.63) is 63.1 Å². The fourth-order valence-corrected chi connectivity index (χ4v) is 6.57. The number of amides is 2. The third-order valence-electron chi connectivity index (χ3n) is 6.29. The molecule has 13 heteroatoms. The number of nitrogens with one attached hydrogen (secondary N) is 1. The molecule has 2 aromatic rings. The fraction of sp³-hybridized carbons (Fsp3) is 0.348. The molecule has 1 saturated carbocycles. The zero-order valence-corrected chi connectivity index (χ0v) is 21.4. The number of nitriles is 1. The Morgan fingerprint density at radius 3 is 2.33 bits per heavy atom. The van der Waals surface area contributed by atoms with Crippen LogP contribution in [0.25, 0.3) is 0 Å². The van der Waals surface area contributed by atoms with Gasteiger partial charge in [0.2, 0.25) is 5.91 Å². The number of carbonyl (C=O) groups excluding carboxylic acids is 2. The number of rotatable bonds is 6. The average Bonchev–Trinajstić information content (AvgIpc) is 3.45. The summed E-state index contributed by atoms with van der Waals surface area (Å²) in [5.41, 5.74) is -1.92. The molecule has 1 saturated heterocycles. The number of hydrogen-bond acceptors (Lipinski definition) is 5. The van der Waals surface area contributed by atoms with Crippen LogP contribution in [0.2, 0.25) is 15.1 Å². The maximum absolute atomic E-state index is 15.3. The number of likely N-dealkylation sites (tertiary alicyclic amines) is 1. The molecule has 0 spiro atoms. The first-order chi connectivity index (χ1) is 16.8. The van der Waals surface area contributed by atoms with Crippen LogP contribution in [0.15, 0.2) is 47.4 Å². The van der Waals surface area contributed by atoms with Crippen LogP contribution in [-0.4, -0.2) is 48.5 Å². The Balaban J connectivity index is 1.70. The summed E-state index contributed by atoms with van der Waals surface area (Å²) in [6.45, 7) is -0.680. The van der Waals surface area contributed by atoms with Crippen molar-refractivity contribution in [1.82, 2.24) is 10.2 Å². The molecule has 7 nitrogen and oxygen atoms in total. The summed E-state index contributed by atoms with van der Waals surface area (Å²) in [5.74, 6) is -6.81. The Bertz CT molecular complexity index is 1390. The van der Waals surface area contributed by atoms with Crippen LogP contribution >= 0.6 is 34.8 Å². The quantitative estimate of drug-likeness (QED) is 0.550. The van der Waals surface area contributed by atoms with Gasteiger partial charge < -0.3 is 10.2 Å². The number of sulfone groups is 1. The van der Waals surface area contributed by atoms with Crippen LogP contribution in [0.1, 0.15) is 24.8 Å². The lowest BCUT2D eigenvalue weighted by molar-refractivity contribution is -0.161. The van der Waals surface area contributed by atoms with Crippen molar-refractivity contribution < 1.29 is 26.8 Å². The summed E-state index contributed by atoms with van der Waals surface area (Å²) in [7, 11) is -4.21. The van der Waals surface area contributed by atoms with E-state index in [1.54, 1.807) is 0 Å². The summed E-state index contributed by atoms with van der Waals surface area (Å²) in [4.78, 5) is 26.5. The number of halogens is 5. The van der Waals surface area contributed by atoms with Crippen molar-refractivity contribution in [3.8, 4) is 6.07 Å². The van der Waals surface area contributed by atoms with Crippen molar-refractivity contribution in [2.45, 2.75) is 46.9 Å². The Hall–Kier alpha value is -2.45. The van der Waals surface area contributed by atoms with Crippen molar-refractivity contribution in [1.29, 1.82) is 5.26 Å². The second-order valence-electron chi connectivity index (χ2n) is 8.69. The lowest BCUT2D eigenvalue weighted by atomic mass is 10.1. The summed E-state index contributed by atoms with van der Waals surface area (Å²) in [5, 5.41) is 10.1. The van der Waals surface area contributed by atoms with Crippen molar-refractivity contribution >= 4 is 56.5 Å². The molecule has 2 amide bonds. The van der Waals surface area contributed by atoms with Gasteiger partial charge in [-0.05, 0) is 43.5 Å².